The summed E-state index contributed by atoms with van der Waals surface area (Å²) in [6.45, 7) is 4.61. The fourth-order valence-corrected chi connectivity index (χ4v) is 6.41. The molecule has 0 fully saturated rings. The van der Waals surface area contributed by atoms with Gasteiger partial charge in [-0.1, -0.05) is 123 Å². The number of para-hydroxylation sites is 2. The lowest BCUT2D eigenvalue weighted by Crippen LogP contribution is -2.30. The Hall–Kier alpha value is -5.48. The van der Waals surface area contributed by atoms with Gasteiger partial charge >= 0.3 is 0 Å². The normalized spacial score (nSPS) is 13.5. The van der Waals surface area contributed by atoms with Crippen LogP contribution in [-0.4, -0.2) is 15.0 Å². The average molecular weight is 555 g/mol. The molecule has 8 rings (SSSR count). The van der Waals surface area contributed by atoms with Gasteiger partial charge < -0.3 is 9.88 Å². The van der Waals surface area contributed by atoms with Crippen molar-refractivity contribution in [2.24, 2.45) is 0 Å². The Balaban J connectivity index is 1.34. The second kappa shape index (κ2) is 9.81. The second-order valence-corrected chi connectivity index (χ2v) is 11.6. The Labute approximate surface area is 251 Å². The number of anilines is 3. The number of hydrogen-bond donors (Lipinski definition) is 1. The monoisotopic (exact) mass is 554 g/mol. The quantitative estimate of drug-likeness (QED) is 0.235. The van der Waals surface area contributed by atoms with Gasteiger partial charge in [-0.25, -0.2) is 9.97 Å². The third kappa shape index (κ3) is 4.14. The number of nitrogens with one attached hydrogen (secondary N) is 1. The topological polar surface area (TPSA) is 44.8 Å². The van der Waals surface area contributed by atoms with Crippen molar-refractivity contribution in [2.45, 2.75) is 19.3 Å². The zero-order valence-corrected chi connectivity index (χ0v) is 24.1. The molecule has 0 aliphatic carbocycles. The Kier molecular flexibility index (Phi) is 5.76. The SMILES string of the molecule is CC1(C)c2ccccc2N(c2cccc(-c3nc(-c4ccccc4)cc(-c4ccccc4)n3)c2)c2c1[nH]c1ccccc21. The summed E-state index contributed by atoms with van der Waals surface area (Å²) in [4.78, 5) is 16.4. The van der Waals surface area contributed by atoms with Crippen molar-refractivity contribution in [3.63, 3.8) is 0 Å². The first kappa shape index (κ1) is 25.2. The highest BCUT2D eigenvalue weighted by molar-refractivity contribution is 6.03. The van der Waals surface area contributed by atoms with Crippen LogP contribution in [0.1, 0.15) is 25.1 Å². The van der Waals surface area contributed by atoms with Crippen LogP contribution in [0.25, 0.3) is 44.8 Å². The average Bonchev–Trinajstić information content (AvgIpc) is 3.46. The number of aromatic amines is 1. The van der Waals surface area contributed by atoms with E-state index in [4.69, 9.17) is 9.97 Å². The molecule has 0 amide bonds. The number of hydrogen-bond acceptors (Lipinski definition) is 3. The molecule has 4 nitrogen and oxygen atoms in total. The van der Waals surface area contributed by atoms with E-state index >= 15 is 0 Å². The number of H-pyrrole nitrogens is 1. The molecule has 0 spiro atoms. The molecule has 5 aromatic carbocycles. The molecule has 43 heavy (non-hydrogen) atoms. The van der Waals surface area contributed by atoms with Gasteiger partial charge in [-0.15, -0.1) is 0 Å². The maximum Gasteiger partial charge on any atom is 0.160 e. The molecule has 0 unspecified atom stereocenters. The maximum atomic E-state index is 5.10. The molecule has 4 heteroatoms. The van der Waals surface area contributed by atoms with Crippen LogP contribution < -0.4 is 4.90 Å². The van der Waals surface area contributed by atoms with Gasteiger partial charge in [0.05, 0.1) is 28.5 Å². The molecule has 1 N–H and O–H groups in total. The molecule has 7 aromatic rings. The van der Waals surface area contributed by atoms with Crippen LogP contribution in [0.5, 0.6) is 0 Å². The minimum Gasteiger partial charge on any atom is -0.356 e. The minimum absolute atomic E-state index is 0.184. The Bertz CT molecular complexity index is 2050. The van der Waals surface area contributed by atoms with Gasteiger partial charge in [-0.05, 0) is 35.9 Å². The Morgan fingerprint density at radius 1 is 0.581 bits per heavy atom. The molecule has 0 atom stereocenters. The largest absolute Gasteiger partial charge is 0.356 e. The second-order valence-electron chi connectivity index (χ2n) is 11.6. The van der Waals surface area contributed by atoms with E-state index in [0.29, 0.717) is 5.82 Å². The van der Waals surface area contributed by atoms with Crippen molar-refractivity contribution < 1.29 is 0 Å². The summed E-state index contributed by atoms with van der Waals surface area (Å²) in [5.74, 6) is 0.701. The van der Waals surface area contributed by atoms with Crippen molar-refractivity contribution in [3.05, 3.63) is 151 Å². The lowest BCUT2D eigenvalue weighted by atomic mass is 9.76. The lowest BCUT2D eigenvalue weighted by molar-refractivity contribution is 0.615. The summed E-state index contributed by atoms with van der Waals surface area (Å²) in [6, 6.07) is 48.7. The first-order chi connectivity index (χ1) is 21.1. The van der Waals surface area contributed by atoms with Crippen LogP contribution in [-0.2, 0) is 5.41 Å². The fraction of sp³-hybridized carbons (Fsp3) is 0.0769. The van der Waals surface area contributed by atoms with Crippen molar-refractivity contribution in [3.8, 4) is 33.9 Å². The van der Waals surface area contributed by atoms with E-state index in [2.05, 4.69) is 127 Å². The van der Waals surface area contributed by atoms with Crippen LogP contribution in [0.15, 0.2) is 140 Å². The van der Waals surface area contributed by atoms with Gasteiger partial charge in [0.2, 0.25) is 0 Å². The van der Waals surface area contributed by atoms with Crippen LogP contribution in [0, 0.1) is 0 Å². The van der Waals surface area contributed by atoms with Crippen LogP contribution in [0.2, 0.25) is 0 Å². The van der Waals surface area contributed by atoms with E-state index in [0.717, 1.165) is 39.3 Å². The summed E-state index contributed by atoms with van der Waals surface area (Å²) in [6.07, 6.45) is 0. The molecular formula is C39H30N4. The van der Waals surface area contributed by atoms with Gasteiger partial charge in [0.25, 0.3) is 0 Å². The van der Waals surface area contributed by atoms with Crippen molar-refractivity contribution >= 4 is 28.0 Å². The van der Waals surface area contributed by atoms with E-state index in [1.165, 1.54) is 28.0 Å². The van der Waals surface area contributed by atoms with E-state index in [1.54, 1.807) is 0 Å². The smallest absolute Gasteiger partial charge is 0.160 e. The van der Waals surface area contributed by atoms with Crippen molar-refractivity contribution in [1.82, 2.24) is 15.0 Å². The van der Waals surface area contributed by atoms with E-state index in [9.17, 15) is 0 Å². The Morgan fingerprint density at radius 3 is 1.91 bits per heavy atom. The van der Waals surface area contributed by atoms with Gasteiger partial charge in [-0.2, -0.15) is 0 Å². The molecule has 1 aliphatic heterocycles. The van der Waals surface area contributed by atoms with E-state index in [-0.39, 0.29) is 5.41 Å². The summed E-state index contributed by atoms with van der Waals surface area (Å²) < 4.78 is 0. The first-order valence-electron chi connectivity index (χ1n) is 14.7. The molecule has 2 aromatic heterocycles. The number of benzene rings is 5. The fourth-order valence-electron chi connectivity index (χ4n) is 6.41. The highest BCUT2D eigenvalue weighted by atomic mass is 15.2. The third-order valence-corrected chi connectivity index (χ3v) is 8.57. The van der Waals surface area contributed by atoms with Crippen molar-refractivity contribution in [1.29, 1.82) is 0 Å². The summed E-state index contributed by atoms with van der Waals surface area (Å²) in [5.41, 5.74) is 11.8. The zero-order chi connectivity index (χ0) is 29.0. The standard InChI is InChI=1S/C39H30N4/c1-39(2)31-21-10-12-23-35(31)43(36-30-20-9-11-22-32(30)40-37(36)39)29-19-13-18-28(24-29)38-41-33(26-14-5-3-6-15-26)25-34(42-38)27-16-7-4-8-17-27/h3-25,40H,1-2H3. The highest BCUT2D eigenvalue weighted by Gasteiger charge is 2.39. The summed E-state index contributed by atoms with van der Waals surface area (Å²) in [7, 11) is 0. The van der Waals surface area contributed by atoms with E-state index < -0.39 is 0 Å². The third-order valence-electron chi connectivity index (χ3n) is 8.57. The van der Waals surface area contributed by atoms with Crippen molar-refractivity contribution in [2.75, 3.05) is 4.90 Å². The minimum atomic E-state index is -0.184. The summed E-state index contributed by atoms with van der Waals surface area (Å²) >= 11 is 0. The molecular weight excluding hydrogens is 524 g/mol. The maximum absolute atomic E-state index is 5.10. The molecule has 206 valence electrons. The summed E-state index contributed by atoms with van der Waals surface area (Å²) in [5, 5.41) is 1.21. The molecule has 1 aliphatic rings. The van der Waals surface area contributed by atoms with Crippen LogP contribution in [0.3, 0.4) is 0 Å². The van der Waals surface area contributed by atoms with Gasteiger partial charge in [0, 0.05) is 38.7 Å². The van der Waals surface area contributed by atoms with Crippen LogP contribution >= 0.6 is 0 Å². The number of aromatic nitrogens is 3. The predicted molar refractivity (Wildman–Crippen MR) is 177 cm³/mol. The predicted octanol–water partition coefficient (Wildman–Crippen LogP) is 10.1. The van der Waals surface area contributed by atoms with Gasteiger partial charge in [0.1, 0.15) is 0 Å². The molecule has 3 heterocycles. The van der Waals surface area contributed by atoms with Crippen LogP contribution in [0.4, 0.5) is 17.1 Å². The van der Waals surface area contributed by atoms with Gasteiger partial charge in [0.15, 0.2) is 5.82 Å². The Morgan fingerprint density at radius 2 is 1.19 bits per heavy atom. The molecule has 0 bridgehead atoms. The van der Waals surface area contributed by atoms with Gasteiger partial charge in [-0.3, -0.25) is 0 Å². The molecule has 0 saturated heterocycles. The highest BCUT2D eigenvalue weighted by Crippen LogP contribution is 2.54. The molecule has 0 saturated carbocycles. The number of nitrogens with zero attached hydrogens (tertiary/aromatic N) is 3. The lowest BCUT2D eigenvalue weighted by Gasteiger charge is -2.40. The number of fused-ring (bicyclic) bond motifs is 4. The molecule has 0 radical (unpaired) electrons. The zero-order valence-electron chi connectivity index (χ0n) is 24.1. The first-order valence-corrected chi connectivity index (χ1v) is 14.7. The van der Waals surface area contributed by atoms with E-state index in [1.807, 2.05) is 36.4 Å². The number of rotatable bonds is 4.